The van der Waals surface area contributed by atoms with Gasteiger partial charge in [0.1, 0.15) is 42.2 Å². The number of anilines is 2. The zero-order chi connectivity index (χ0) is 29.0. The molecule has 0 bridgehead atoms. The van der Waals surface area contributed by atoms with Gasteiger partial charge >= 0.3 is 6.03 Å². The zero-order valence-electron chi connectivity index (χ0n) is 21.9. The minimum absolute atomic E-state index is 0.118. The van der Waals surface area contributed by atoms with Crippen LogP contribution >= 0.6 is 11.6 Å². The summed E-state index contributed by atoms with van der Waals surface area (Å²) in [4.78, 5) is 18.2. The number of aliphatic hydroxyl groups is 1. The number of benzene rings is 3. The number of ether oxygens (including phenoxy) is 1. The number of urea groups is 1. The Kier molecular flexibility index (Phi) is 8.34. The van der Waals surface area contributed by atoms with Crippen molar-refractivity contribution in [2.24, 2.45) is 5.73 Å². The van der Waals surface area contributed by atoms with Crippen molar-refractivity contribution in [3.05, 3.63) is 102 Å². The maximum atomic E-state index is 14.6. The first-order valence-corrected chi connectivity index (χ1v) is 13.2. The largest absolute Gasteiger partial charge is 0.490 e. The summed E-state index contributed by atoms with van der Waals surface area (Å²) in [5, 5.41) is 19.3. The van der Waals surface area contributed by atoms with Crippen LogP contribution in [-0.4, -0.2) is 63.7 Å². The maximum absolute atomic E-state index is 14.6. The smallest absolute Gasteiger partial charge is 0.334 e. The molecule has 0 saturated carbocycles. The van der Waals surface area contributed by atoms with E-state index in [1.807, 2.05) is 17.1 Å². The summed E-state index contributed by atoms with van der Waals surface area (Å²) < 4.78 is 35.4. The molecule has 0 aliphatic carbocycles. The molecule has 2 amide bonds. The normalized spacial score (nSPS) is 15.4. The quantitative estimate of drug-likeness (QED) is 0.308. The van der Waals surface area contributed by atoms with Crippen molar-refractivity contribution in [1.29, 1.82) is 0 Å². The Labute approximate surface area is 240 Å². The minimum Gasteiger partial charge on any atom is -0.490 e. The average Bonchev–Trinajstić information content (AvgIpc) is 3.46. The molecule has 4 aromatic rings. The van der Waals surface area contributed by atoms with Crippen LogP contribution in [0.5, 0.6) is 5.75 Å². The van der Waals surface area contributed by atoms with Crippen molar-refractivity contribution in [2.75, 3.05) is 42.7 Å². The summed E-state index contributed by atoms with van der Waals surface area (Å²) in [7, 11) is 0. The molecular weight excluding hydrogens is 556 g/mol. The number of piperazine rings is 1. The molecule has 1 aliphatic rings. The molecule has 1 atom stereocenters. The van der Waals surface area contributed by atoms with E-state index in [1.165, 1.54) is 28.4 Å². The van der Waals surface area contributed by atoms with Gasteiger partial charge in [-0.1, -0.05) is 17.7 Å². The zero-order valence-corrected chi connectivity index (χ0v) is 22.7. The van der Waals surface area contributed by atoms with E-state index in [1.54, 1.807) is 36.4 Å². The molecule has 0 spiro atoms. The van der Waals surface area contributed by atoms with Gasteiger partial charge in [-0.3, -0.25) is 0 Å². The van der Waals surface area contributed by atoms with Crippen molar-refractivity contribution in [3.8, 4) is 5.75 Å². The van der Waals surface area contributed by atoms with Crippen molar-refractivity contribution < 1.29 is 23.4 Å². The number of halogens is 3. The van der Waals surface area contributed by atoms with Crippen LogP contribution in [0.4, 0.5) is 25.0 Å². The highest BCUT2D eigenvalue weighted by atomic mass is 35.5. The average molecular weight is 584 g/mol. The number of nitrogens with zero attached hydrogens (tertiary/aromatic N) is 6. The van der Waals surface area contributed by atoms with Crippen molar-refractivity contribution in [1.82, 2.24) is 19.8 Å². The Balaban J connectivity index is 1.23. The van der Waals surface area contributed by atoms with Gasteiger partial charge in [-0.25, -0.2) is 33.3 Å². The van der Waals surface area contributed by atoms with E-state index in [0.29, 0.717) is 48.7 Å². The second kappa shape index (κ2) is 12.1. The highest BCUT2D eigenvalue weighted by Gasteiger charge is 2.35. The number of aromatic nitrogens is 3. The van der Waals surface area contributed by atoms with Gasteiger partial charge in [-0.2, -0.15) is 5.10 Å². The summed E-state index contributed by atoms with van der Waals surface area (Å²) in [6.45, 7) is 1.92. The topological polar surface area (TPSA) is 113 Å². The third-order valence-electron chi connectivity index (χ3n) is 6.82. The van der Waals surface area contributed by atoms with E-state index in [9.17, 15) is 18.7 Å². The predicted octanol–water partition coefficient (Wildman–Crippen LogP) is 3.80. The minimum atomic E-state index is -1.85. The molecule has 1 unspecified atom stereocenters. The van der Waals surface area contributed by atoms with Gasteiger partial charge in [-0.15, -0.1) is 0 Å². The van der Waals surface area contributed by atoms with Gasteiger partial charge in [0.15, 0.2) is 0 Å². The van der Waals surface area contributed by atoms with E-state index >= 15 is 0 Å². The second-order valence-electron chi connectivity index (χ2n) is 9.60. The number of carbonyl (C=O) groups is 1. The molecule has 0 radical (unpaired) electrons. The summed E-state index contributed by atoms with van der Waals surface area (Å²) in [6, 6.07) is 16.6. The monoisotopic (exact) mass is 583 g/mol. The Morgan fingerprint density at radius 1 is 1.05 bits per heavy atom. The highest BCUT2D eigenvalue weighted by Crippen LogP contribution is 2.29. The van der Waals surface area contributed by atoms with Crippen LogP contribution in [0.2, 0.25) is 5.02 Å². The number of amides is 2. The lowest BCUT2D eigenvalue weighted by molar-refractivity contribution is -0.0297. The van der Waals surface area contributed by atoms with Crippen LogP contribution in [0.25, 0.3) is 0 Å². The third kappa shape index (κ3) is 6.56. The Morgan fingerprint density at radius 2 is 1.76 bits per heavy atom. The lowest BCUT2D eigenvalue weighted by atomic mass is 9.94. The van der Waals surface area contributed by atoms with Crippen molar-refractivity contribution in [2.45, 2.75) is 12.1 Å². The fourth-order valence-electron chi connectivity index (χ4n) is 4.78. The van der Waals surface area contributed by atoms with E-state index in [0.717, 1.165) is 11.8 Å². The van der Waals surface area contributed by atoms with Gasteiger partial charge in [0.05, 0.1) is 12.2 Å². The van der Waals surface area contributed by atoms with E-state index < -0.39 is 23.3 Å². The fourth-order valence-corrected chi connectivity index (χ4v) is 4.91. The van der Waals surface area contributed by atoms with Crippen LogP contribution in [0.15, 0.2) is 79.4 Å². The number of hydrazine groups is 1. The van der Waals surface area contributed by atoms with Gasteiger partial charge in [0, 0.05) is 48.5 Å². The third-order valence-corrected chi connectivity index (χ3v) is 7.07. The van der Waals surface area contributed by atoms with E-state index in [4.69, 9.17) is 22.1 Å². The first-order chi connectivity index (χ1) is 19.7. The molecule has 1 fully saturated rings. The first kappa shape index (κ1) is 28.3. The van der Waals surface area contributed by atoms with Crippen molar-refractivity contribution >= 4 is 29.0 Å². The first-order valence-electron chi connectivity index (χ1n) is 12.8. The molecule has 13 heteroatoms. The molecule has 10 nitrogen and oxygen atoms in total. The maximum Gasteiger partial charge on any atom is 0.334 e. The predicted molar refractivity (Wildman–Crippen MR) is 150 cm³/mol. The fraction of sp³-hybridized carbons (Fsp3) is 0.250. The highest BCUT2D eigenvalue weighted by molar-refractivity contribution is 6.30. The summed E-state index contributed by atoms with van der Waals surface area (Å²) in [5.41, 5.74) is 5.28. The number of rotatable bonds is 9. The van der Waals surface area contributed by atoms with Gasteiger partial charge in [-0.05, 0) is 54.6 Å². The van der Waals surface area contributed by atoms with E-state index in [2.05, 4.69) is 15.0 Å². The number of nitrogens with two attached hydrogens (primary N) is 1. The molecule has 1 saturated heterocycles. The van der Waals surface area contributed by atoms with Gasteiger partial charge < -0.3 is 20.5 Å². The molecule has 2 heterocycles. The standard InChI is InChI=1S/C28H28ClF2N7O3/c29-20-1-4-23(5-2-20)38(27(32)39)37-13-11-35(12-14-37)22-6-8-24(9-7-22)41-17-28(40,16-36-19-33-18-34-36)25-10-3-21(30)15-26(25)31/h1-10,15,18-19,40H,11-14,16-17H2,(H2,32,39). The molecule has 214 valence electrons. The number of hydrogen-bond donors (Lipinski definition) is 2. The number of primary amides is 1. The molecule has 5 rings (SSSR count). The van der Waals surface area contributed by atoms with Crippen LogP contribution < -0.4 is 20.4 Å². The SMILES string of the molecule is NC(=O)N(c1ccc(Cl)cc1)N1CCN(c2ccc(OCC(O)(Cn3cncn3)c3ccc(F)cc3F)cc2)CC1. The van der Waals surface area contributed by atoms with Crippen LogP contribution in [0.1, 0.15) is 5.56 Å². The van der Waals surface area contributed by atoms with Crippen LogP contribution in [0, 0.1) is 11.6 Å². The van der Waals surface area contributed by atoms with Crippen LogP contribution in [-0.2, 0) is 12.1 Å². The number of hydrogen-bond acceptors (Lipinski definition) is 7. The Hall–Kier alpha value is -4.26. The van der Waals surface area contributed by atoms with Gasteiger partial charge in [0.2, 0.25) is 0 Å². The summed E-state index contributed by atoms with van der Waals surface area (Å²) >= 11 is 5.98. The molecule has 1 aromatic heterocycles. The lowest BCUT2D eigenvalue weighted by Crippen LogP contribution is -2.57. The molecular formula is C28H28ClF2N7O3. The van der Waals surface area contributed by atoms with Crippen LogP contribution in [0.3, 0.4) is 0 Å². The van der Waals surface area contributed by atoms with Gasteiger partial charge in [0.25, 0.3) is 0 Å². The summed E-state index contributed by atoms with van der Waals surface area (Å²) in [5.74, 6) is -1.19. The molecule has 1 aliphatic heterocycles. The number of carbonyl (C=O) groups excluding carboxylic acids is 1. The molecule has 41 heavy (non-hydrogen) atoms. The second-order valence-corrected chi connectivity index (χ2v) is 10.0. The lowest BCUT2D eigenvalue weighted by Gasteiger charge is -2.41. The molecule has 3 aromatic carbocycles. The summed E-state index contributed by atoms with van der Waals surface area (Å²) in [6.07, 6.45) is 2.68. The Bertz CT molecular complexity index is 1470. The van der Waals surface area contributed by atoms with E-state index in [-0.39, 0.29) is 18.7 Å². The molecule has 3 N–H and O–H groups in total. The Morgan fingerprint density at radius 3 is 2.37 bits per heavy atom. The van der Waals surface area contributed by atoms with Crippen molar-refractivity contribution in [3.63, 3.8) is 0 Å².